The summed E-state index contributed by atoms with van der Waals surface area (Å²) in [5.41, 5.74) is 0. The van der Waals surface area contributed by atoms with Crippen LogP contribution in [0.5, 0.6) is 0 Å². The second kappa shape index (κ2) is 33.6. The Labute approximate surface area is 538 Å². The second-order valence-corrected chi connectivity index (χ2v) is 24.2. The van der Waals surface area contributed by atoms with E-state index in [0.29, 0.717) is 0 Å². The van der Waals surface area contributed by atoms with Crippen LogP contribution in [0.4, 0.5) is 0 Å². The first-order chi connectivity index (χ1) is 44.9. The zero-order valence-corrected chi connectivity index (χ0v) is 51.2. The van der Waals surface area contributed by atoms with Crippen LogP contribution >= 0.6 is 0 Å². The first-order valence-electron chi connectivity index (χ1n) is 30.4. The summed E-state index contributed by atoms with van der Waals surface area (Å²) >= 11 is 0. The molecule has 8 heterocycles. The van der Waals surface area contributed by atoms with Gasteiger partial charge in [0.05, 0.1) is 52.4 Å². The van der Waals surface area contributed by atoms with Crippen LogP contribution < -0.4 is 16.0 Å². The van der Waals surface area contributed by atoms with Crippen LogP contribution in [0.1, 0.15) is 27.7 Å². The Morgan fingerprint density at radius 1 is 0.337 bits per heavy atom. The molecule has 0 aromatic carbocycles. The number of aliphatic hydroxyl groups is 21. The van der Waals surface area contributed by atoms with Crippen molar-refractivity contribution in [1.29, 1.82) is 0 Å². The summed E-state index contributed by atoms with van der Waals surface area (Å²) in [6.07, 6.45) is -72.7. The van der Waals surface area contributed by atoms with Crippen molar-refractivity contribution in [3.63, 3.8) is 0 Å². The zero-order valence-electron chi connectivity index (χ0n) is 51.2. The number of hydrogen-bond acceptors (Lipinski definition) is 39. The molecule has 0 bridgehead atoms. The maximum Gasteiger partial charge on any atom is 0.217 e. The molecule has 8 rings (SSSR count). The van der Waals surface area contributed by atoms with Crippen LogP contribution in [-0.4, -0.2) is 411 Å². The Balaban J connectivity index is 1.20. The van der Waals surface area contributed by atoms with Gasteiger partial charge in [-0.2, -0.15) is 0 Å². The maximum atomic E-state index is 13.2. The quantitative estimate of drug-likeness (QED) is 0.0452. The Morgan fingerprint density at radius 3 is 1.33 bits per heavy atom. The molecule has 0 radical (unpaired) electrons. The molecule has 42 nitrogen and oxygen atoms in total. The predicted molar refractivity (Wildman–Crippen MR) is 292 cm³/mol. The minimum absolute atomic E-state index is 0.790. The van der Waals surface area contributed by atoms with E-state index in [1.807, 2.05) is 0 Å². The van der Waals surface area contributed by atoms with Gasteiger partial charge in [0.2, 0.25) is 17.7 Å². The van der Waals surface area contributed by atoms with Gasteiger partial charge in [-0.25, -0.2) is 0 Å². The highest BCUT2D eigenvalue weighted by Gasteiger charge is 2.60. The Kier molecular flexibility index (Phi) is 27.5. The molecule has 3 amide bonds. The Morgan fingerprint density at radius 2 is 0.747 bits per heavy atom. The summed E-state index contributed by atoms with van der Waals surface area (Å²) in [6, 6.07) is -5.47. The van der Waals surface area contributed by atoms with Crippen molar-refractivity contribution in [1.82, 2.24) is 16.0 Å². The first kappa shape index (κ1) is 77.7. The molecule has 39 atom stereocenters. The lowest BCUT2D eigenvalue weighted by molar-refractivity contribution is -0.411. The van der Waals surface area contributed by atoms with Crippen LogP contribution in [-0.2, 0) is 85.4 Å². The van der Waals surface area contributed by atoms with Crippen molar-refractivity contribution in [2.24, 2.45) is 0 Å². The summed E-state index contributed by atoms with van der Waals surface area (Å²) in [5, 5.41) is 238. The molecule has 0 aromatic heterocycles. The highest BCUT2D eigenvalue weighted by Crippen LogP contribution is 2.40. The van der Waals surface area contributed by atoms with E-state index >= 15 is 0 Å². The van der Waals surface area contributed by atoms with Crippen LogP contribution in [0.25, 0.3) is 0 Å². The fourth-order valence-electron chi connectivity index (χ4n) is 12.2. The lowest BCUT2D eigenvalue weighted by Gasteiger charge is -2.52. The van der Waals surface area contributed by atoms with Gasteiger partial charge in [0.1, 0.15) is 183 Å². The molecule has 8 aliphatic heterocycles. The minimum Gasteiger partial charge on any atom is -0.394 e. The van der Waals surface area contributed by atoms with Crippen LogP contribution in [0.2, 0.25) is 0 Å². The highest BCUT2D eigenvalue weighted by molar-refractivity contribution is 5.74. The first-order valence-corrected chi connectivity index (χ1v) is 30.4. The molecular weight excluding hydrogens is 1300 g/mol. The number of ether oxygens (including phenoxy) is 15. The van der Waals surface area contributed by atoms with E-state index in [9.17, 15) is 122 Å². The minimum atomic E-state index is -2.40. The van der Waals surface area contributed by atoms with Crippen LogP contribution in [0, 0.1) is 0 Å². The van der Waals surface area contributed by atoms with Gasteiger partial charge in [0.25, 0.3) is 0 Å². The molecule has 24 N–H and O–H groups in total. The van der Waals surface area contributed by atoms with E-state index in [-0.39, 0.29) is 0 Å². The molecule has 8 fully saturated rings. The normalized spacial score (nSPS) is 49.9. The summed E-state index contributed by atoms with van der Waals surface area (Å²) in [5.74, 6) is -2.64. The van der Waals surface area contributed by atoms with Gasteiger partial charge < -0.3 is 194 Å². The SMILES string of the molecule is CC(=O)NC1C(OC2C(OC3C(O)C(COC4OC(CO)C(O)C(O)C4O)OC(OC4C(CO)OC(OC5C(CO)OC(O)C(NC(C)=O)C5OC5OC(C)C(O)C(O)C5O)C(NC(C)=O)C4O)C3OC3OCC(O)C(O)C3O)OC(CO)C(O)C2O)OC(CO)C(O)C1O. The lowest BCUT2D eigenvalue weighted by Crippen LogP contribution is -2.71. The molecule has 8 saturated heterocycles. The molecule has 550 valence electrons. The summed E-state index contributed by atoms with van der Waals surface area (Å²) in [4.78, 5) is 38.3. The number of rotatable bonds is 23. The van der Waals surface area contributed by atoms with Gasteiger partial charge in [-0.05, 0) is 6.92 Å². The smallest absolute Gasteiger partial charge is 0.217 e. The molecule has 0 spiro atoms. The van der Waals surface area contributed by atoms with Crippen molar-refractivity contribution in [3.05, 3.63) is 0 Å². The highest BCUT2D eigenvalue weighted by atomic mass is 16.8. The summed E-state index contributed by atoms with van der Waals surface area (Å²) in [7, 11) is 0. The zero-order chi connectivity index (χ0) is 69.9. The molecule has 39 unspecified atom stereocenters. The van der Waals surface area contributed by atoms with E-state index in [0.717, 1.165) is 20.8 Å². The number of carbonyl (C=O) groups is 3. The van der Waals surface area contributed by atoms with E-state index in [1.165, 1.54) is 6.92 Å². The Bertz CT molecular complexity index is 2440. The second-order valence-electron chi connectivity index (χ2n) is 24.2. The van der Waals surface area contributed by atoms with Gasteiger partial charge in [-0.3, -0.25) is 14.4 Å². The topological polar surface area (TPSA) is 651 Å². The van der Waals surface area contributed by atoms with Crippen molar-refractivity contribution in [2.45, 2.75) is 267 Å². The molecule has 0 aliphatic carbocycles. The molecule has 95 heavy (non-hydrogen) atoms. The van der Waals surface area contributed by atoms with Gasteiger partial charge in [0, 0.05) is 20.8 Å². The van der Waals surface area contributed by atoms with Crippen LogP contribution in [0.3, 0.4) is 0 Å². The molecular formula is C53H89N3O39. The number of aliphatic hydroxyl groups excluding tert-OH is 21. The van der Waals surface area contributed by atoms with Crippen molar-refractivity contribution in [3.8, 4) is 0 Å². The third-order valence-corrected chi connectivity index (χ3v) is 17.4. The van der Waals surface area contributed by atoms with Gasteiger partial charge >= 0.3 is 0 Å². The number of hydrogen-bond donors (Lipinski definition) is 24. The van der Waals surface area contributed by atoms with Gasteiger partial charge in [-0.15, -0.1) is 0 Å². The van der Waals surface area contributed by atoms with E-state index in [4.69, 9.17) is 71.1 Å². The van der Waals surface area contributed by atoms with E-state index < -0.39 is 303 Å². The fourth-order valence-corrected chi connectivity index (χ4v) is 12.2. The Hall–Kier alpha value is -3.03. The fraction of sp³-hybridized carbons (Fsp3) is 0.943. The van der Waals surface area contributed by atoms with Gasteiger partial charge in [0.15, 0.2) is 50.3 Å². The maximum absolute atomic E-state index is 13.2. The van der Waals surface area contributed by atoms with E-state index in [1.54, 1.807) is 0 Å². The number of amides is 3. The molecule has 42 heteroatoms. The molecule has 0 saturated carbocycles. The number of nitrogens with one attached hydrogen (secondary N) is 3. The average molecular weight is 1390 g/mol. The largest absolute Gasteiger partial charge is 0.394 e. The van der Waals surface area contributed by atoms with E-state index in [2.05, 4.69) is 16.0 Å². The van der Waals surface area contributed by atoms with Crippen molar-refractivity contribution >= 4 is 17.7 Å². The average Bonchev–Trinajstić information content (AvgIpc) is 0.766. The van der Waals surface area contributed by atoms with Crippen molar-refractivity contribution in [2.75, 3.05) is 46.2 Å². The lowest BCUT2D eigenvalue weighted by atomic mass is 9.93. The number of carbonyl (C=O) groups excluding carboxylic acids is 3. The van der Waals surface area contributed by atoms with Gasteiger partial charge in [-0.1, -0.05) is 0 Å². The van der Waals surface area contributed by atoms with Crippen molar-refractivity contribution < 1.29 is 193 Å². The monoisotopic (exact) mass is 1390 g/mol. The summed E-state index contributed by atoms with van der Waals surface area (Å²) in [6.45, 7) is -2.96. The molecule has 8 aliphatic rings. The third-order valence-electron chi connectivity index (χ3n) is 17.4. The summed E-state index contributed by atoms with van der Waals surface area (Å²) < 4.78 is 89.8. The third kappa shape index (κ3) is 17.1. The predicted octanol–water partition coefficient (Wildman–Crippen LogP) is -16.4. The standard InChI is InChI=1S/C53H89N3O39/c1-12-26(66)34(74)39(79)51(83-12)92-42-25(56-15(4)64)46(80)84-21(9-61)41(42)91-48-24(55-14(3)63)33(73)40(20(8-60)88-48)90-53-45(95-50-37(77)27(67)16(65)10-81-50)43(31(71)22(89-53)11-82-49-38(78)35(75)29(69)18(6-58)86-49)93-52-44(36(76)30(70)19(7-59)87-52)94-47-23(54-13(2)62)32(72)28(68)17(5-57)85-47/h12,16-53,57-61,65-80H,5-11H2,1-4H3,(H,54,62)(H,55,63)(H,56,64). The molecule has 0 aromatic rings. The van der Waals surface area contributed by atoms with Crippen LogP contribution in [0.15, 0.2) is 0 Å².